The molecule has 8 nitrogen and oxygen atoms in total. The molecule has 2 rings (SSSR count). The van der Waals surface area contributed by atoms with Crippen molar-refractivity contribution in [3.05, 3.63) is 44.4 Å². The molecule has 1 atom stereocenters. The molecule has 9 heteroatoms. The van der Waals surface area contributed by atoms with Crippen LogP contribution in [0.25, 0.3) is 0 Å². The van der Waals surface area contributed by atoms with Gasteiger partial charge in [-0.1, -0.05) is 6.07 Å². The lowest BCUT2D eigenvalue weighted by Gasteiger charge is -2.07. The zero-order chi connectivity index (χ0) is 15.6. The maximum atomic E-state index is 11.5. The van der Waals surface area contributed by atoms with Crippen molar-refractivity contribution < 1.29 is 10.0 Å². The smallest absolute Gasteiger partial charge is 0.343 e. The molecule has 0 radical (unpaired) electrons. The van der Waals surface area contributed by atoms with Crippen molar-refractivity contribution in [1.82, 2.24) is 14.8 Å². The molecule has 2 N–H and O–H groups in total. The number of nitro benzene ring substituents is 1. The first-order valence-electron chi connectivity index (χ1n) is 6.23. The summed E-state index contributed by atoms with van der Waals surface area (Å²) in [6.45, 7) is 3.73. The number of benzene rings is 1. The van der Waals surface area contributed by atoms with E-state index in [1.165, 1.54) is 17.6 Å². The Hall–Kier alpha value is -2.13. The Kier molecular flexibility index (Phi) is 4.43. The zero-order valence-electron chi connectivity index (χ0n) is 11.4. The molecule has 0 fully saturated rings. The van der Waals surface area contributed by atoms with E-state index in [4.69, 9.17) is 0 Å². The predicted octanol–water partition coefficient (Wildman–Crippen LogP) is 1.70. The third kappa shape index (κ3) is 3.14. The molecule has 0 saturated carbocycles. The second-order valence-electron chi connectivity index (χ2n) is 4.32. The van der Waals surface area contributed by atoms with Crippen molar-refractivity contribution in [3.63, 3.8) is 0 Å². The number of nitrogens with zero attached hydrogens (tertiary/aromatic N) is 3. The summed E-state index contributed by atoms with van der Waals surface area (Å²) in [6, 6.07) is 4.49. The average Bonchev–Trinajstić information content (AvgIpc) is 2.78. The van der Waals surface area contributed by atoms with E-state index in [1.54, 1.807) is 19.1 Å². The van der Waals surface area contributed by atoms with Crippen molar-refractivity contribution in [3.8, 4) is 0 Å². The highest BCUT2D eigenvalue weighted by atomic mass is 32.2. The third-order valence-electron chi connectivity index (χ3n) is 2.90. The predicted molar refractivity (Wildman–Crippen MR) is 76.4 cm³/mol. The lowest BCUT2D eigenvalue weighted by Crippen LogP contribution is -2.16. The fourth-order valence-corrected chi connectivity index (χ4v) is 2.77. The summed E-state index contributed by atoms with van der Waals surface area (Å²) in [5.41, 5.74) is -0.0271. The van der Waals surface area contributed by atoms with E-state index in [0.29, 0.717) is 22.2 Å². The van der Waals surface area contributed by atoms with Crippen molar-refractivity contribution in [2.75, 3.05) is 0 Å². The van der Waals surface area contributed by atoms with Crippen LogP contribution in [0.5, 0.6) is 0 Å². The van der Waals surface area contributed by atoms with Gasteiger partial charge in [-0.25, -0.2) is 9.89 Å². The number of aromatic nitrogens is 3. The van der Waals surface area contributed by atoms with E-state index >= 15 is 0 Å². The fraction of sp³-hybridized carbons (Fsp3) is 0.333. The highest BCUT2D eigenvalue weighted by molar-refractivity contribution is 7.99. The zero-order valence-corrected chi connectivity index (χ0v) is 12.3. The lowest BCUT2D eigenvalue weighted by molar-refractivity contribution is -0.387. The number of nitrogens with one attached hydrogen (secondary N) is 1. The highest BCUT2D eigenvalue weighted by Crippen LogP contribution is 2.35. The van der Waals surface area contributed by atoms with Crippen LogP contribution in [0.15, 0.2) is 33.0 Å². The molecule has 0 spiro atoms. The number of aliphatic hydroxyl groups excluding tert-OH is 1. The van der Waals surface area contributed by atoms with Gasteiger partial charge in [0.25, 0.3) is 5.69 Å². The Balaban J connectivity index is 2.44. The molecule has 0 bridgehead atoms. The van der Waals surface area contributed by atoms with E-state index < -0.39 is 11.0 Å². The van der Waals surface area contributed by atoms with Crippen LogP contribution in [-0.4, -0.2) is 24.8 Å². The molecule has 1 aromatic heterocycles. The maximum absolute atomic E-state index is 11.5. The Labute approximate surface area is 124 Å². The first kappa shape index (κ1) is 15.3. The van der Waals surface area contributed by atoms with Crippen molar-refractivity contribution in [1.29, 1.82) is 0 Å². The van der Waals surface area contributed by atoms with Crippen molar-refractivity contribution in [2.45, 2.75) is 36.5 Å². The topological polar surface area (TPSA) is 114 Å². The van der Waals surface area contributed by atoms with E-state index in [0.717, 1.165) is 11.8 Å². The van der Waals surface area contributed by atoms with Gasteiger partial charge in [0.1, 0.15) is 0 Å². The minimum Gasteiger partial charge on any atom is -0.389 e. The van der Waals surface area contributed by atoms with E-state index in [2.05, 4.69) is 10.2 Å². The molecule has 0 aliphatic rings. The first-order valence-corrected chi connectivity index (χ1v) is 7.05. The molecule has 0 saturated heterocycles. The number of hydrogen-bond acceptors (Lipinski definition) is 6. The highest BCUT2D eigenvalue weighted by Gasteiger charge is 2.19. The third-order valence-corrected chi connectivity index (χ3v) is 3.96. The second kappa shape index (κ2) is 6.10. The summed E-state index contributed by atoms with van der Waals surface area (Å²) in [5.74, 6) is 0. The summed E-state index contributed by atoms with van der Waals surface area (Å²) < 4.78 is 1.39. The van der Waals surface area contributed by atoms with Crippen LogP contribution in [0, 0.1) is 10.1 Å². The van der Waals surface area contributed by atoms with Crippen LogP contribution in [0.3, 0.4) is 0 Å². The van der Waals surface area contributed by atoms with Gasteiger partial charge in [-0.2, -0.15) is 0 Å². The van der Waals surface area contributed by atoms with Gasteiger partial charge in [0.2, 0.25) is 0 Å². The summed E-state index contributed by atoms with van der Waals surface area (Å²) in [5, 5.41) is 27.2. The average molecular weight is 310 g/mol. The fourth-order valence-electron chi connectivity index (χ4n) is 1.78. The Morgan fingerprint density at radius 3 is 2.86 bits per heavy atom. The van der Waals surface area contributed by atoms with Crippen LogP contribution in [-0.2, 0) is 6.54 Å². The molecule has 2 aromatic rings. The molecular weight excluding hydrogens is 296 g/mol. The van der Waals surface area contributed by atoms with Gasteiger partial charge in [0, 0.05) is 12.6 Å². The number of aliphatic hydroxyl groups is 1. The van der Waals surface area contributed by atoms with Gasteiger partial charge in [0.05, 0.1) is 15.9 Å². The molecule has 112 valence electrons. The molecule has 1 aromatic carbocycles. The number of hydrogen-bond donors (Lipinski definition) is 2. The SMILES string of the molecule is CCn1c(Sc2ccc(C(C)O)cc2[N+](=O)[O-])n[nH]c1=O. The van der Waals surface area contributed by atoms with Crippen LogP contribution in [0.4, 0.5) is 5.69 Å². The Bertz CT molecular complexity index is 722. The molecule has 1 heterocycles. The minimum atomic E-state index is -0.790. The summed E-state index contributed by atoms with van der Waals surface area (Å²) in [6.07, 6.45) is -0.790. The molecule has 0 aliphatic carbocycles. The van der Waals surface area contributed by atoms with E-state index in [-0.39, 0.29) is 11.4 Å². The molecule has 21 heavy (non-hydrogen) atoms. The lowest BCUT2D eigenvalue weighted by atomic mass is 10.1. The quantitative estimate of drug-likeness (QED) is 0.642. The van der Waals surface area contributed by atoms with Gasteiger partial charge in [-0.15, -0.1) is 5.10 Å². The van der Waals surface area contributed by atoms with Gasteiger partial charge in [0.15, 0.2) is 5.16 Å². The molecule has 0 amide bonds. The summed E-state index contributed by atoms with van der Waals surface area (Å²) in [7, 11) is 0. The molecular formula is C12H14N4O4S. The van der Waals surface area contributed by atoms with Crippen LogP contribution >= 0.6 is 11.8 Å². The number of nitro groups is 1. The number of aromatic amines is 1. The van der Waals surface area contributed by atoms with Gasteiger partial charge >= 0.3 is 5.69 Å². The van der Waals surface area contributed by atoms with Gasteiger partial charge in [-0.3, -0.25) is 14.7 Å². The normalized spacial score (nSPS) is 12.3. The van der Waals surface area contributed by atoms with Gasteiger partial charge in [-0.05, 0) is 37.2 Å². The maximum Gasteiger partial charge on any atom is 0.343 e. The number of H-pyrrole nitrogens is 1. The van der Waals surface area contributed by atoms with Crippen LogP contribution in [0.2, 0.25) is 0 Å². The second-order valence-corrected chi connectivity index (χ2v) is 5.33. The Morgan fingerprint density at radius 2 is 2.29 bits per heavy atom. The van der Waals surface area contributed by atoms with E-state index in [9.17, 15) is 20.0 Å². The van der Waals surface area contributed by atoms with Crippen molar-refractivity contribution >= 4 is 17.4 Å². The standard InChI is InChI=1S/C12H14N4O4S/c1-3-15-11(18)13-14-12(15)21-10-5-4-8(7(2)17)6-9(10)16(19)20/h4-7,17H,3H2,1-2H3,(H,13,18). The van der Waals surface area contributed by atoms with Crippen LogP contribution < -0.4 is 5.69 Å². The van der Waals surface area contributed by atoms with Crippen molar-refractivity contribution in [2.24, 2.45) is 0 Å². The monoisotopic (exact) mass is 310 g/mol. The van der Waals surface area contributed by atoms with Crippen LogP contribution in [0.1, 0.15) is 25.5 Å². The molecule has 0 aliphatic heterocycles. The van der Waals surface area contributed by atoms with Gasteiger partial charge < -0.3 is 5.11 Å². The molecule has 1 unspecified atom stereocenters. The minimum absolute atomic E-state index is 0.128. The largest absolute Gasteiger partial charge is 0.389 e. The number of rotatable bonds is 5. The summed E-state index contributed by atoms with van der Waals surface area (Å²) in [4.78, 5) is 22.5. The first-order chi connectivity index (χ1) is 9.93. The Morgan fingerprint density at radius 1 is 1.57 bits per heavy atom. The van der Waals surface area contributed by atoms with E-state index in [1.807, 2.05) is 0 Å². The summed E-state index contributed by atoms with van der Waals surface area (Å²) >= 11 is 1.03.